The summed E-state index contributed by atoms with van der Waals surface area (Å²) in [5.41, 5.74) is 2.72. The normalized spacial score (nSPS) is 14.4. The quantitative estimate of drug-likeness (QED) is 0.788. The van der Waals surface area contributed by atoms with Crippen LogP contribution in [0, 0.1) is 6.92 Å². The van der Waals surface area contributed by atoms with Crippen LogP contribution < -0.4 is 0 Å². The van der Waals surface area contributed by atoms with Gasteiger partial charge in [0.25, 0.3) is 5.91 Å². The lowest BCUT2D eigenvalue weighted by Crippen LogP contribution is -2.35. The van der Waals surface area contributed by atoms with Gasteiger partial charge in [0.1, 0.15) is 5.69 Å². The van der Waals surface area contributed by atoms with E-state index in [1.165, 1.54) is 10.4 Å². The van der Waals surface area contributed by atoms with Gasteiger partial charge in [-0.2, -0.15) is 0 Å². The third-order valence-electron chi connectivity index (χ3n) is 3.20. The van der Waals surface area contributed by atoms with Crippen LogP contribution in [0.3, 0.4) is 0 Å². The molecule has 0 saturated carbocycles. The maximum Gasteiger partial charge on any atom is 0.272 e. The first-order valence-corrected chi connectivity index (χ1v) is 6.90. The summed E-state index contributed by atoms with van der Waals surface area (Å²) in [6.07, 6.45) is 0.963. The Hall–Kier alpha value is -1.68. The molecule has 2 aromatic rings. The molecule has 0 N–H and O–H groups in total. The molecule has 3 nitrogen and oxygen atoms in total. The van der Waals surface area contributed by atoms with Crippen molar-refractivity contribution in [3.05, 3.63) is 51.5 Å². The molecule has 3 rings (SSSR count). The van der Waals surface area contributed by atoms with E-state index < -0.39 is 0 Å². The minimum atomic E-state index is 0.0375. The zero-order chi connectivity index (χ0) is 12.5. The number of carbonyl (C=O) groups excluding carboxylic acids is 1. The second-order valence-corrected chi connectivity index (χ2v) is 5.51. The molecule has 0 radical (unpaired) electrons. The van der Waals surface area contributed by atoms with Crippen LogP contribution in [0.25, 0.3) is 0 Å². The highest BCUT2D eigenvalue weighted by atomic mass is 32.1. The molecule has 18 heavy (non-hydrogen) atoms. The van der Waals surface area contributed by atoms with Gasteiger partial charge in [-0.15, -0.1) is 11.3 Å². The number of aryl methyl sites for hydroxylation is 1. The zero-order valence-corrected chi connectivity index (χ0v) is 11.0. The van der Waals surface area contributed by atoms with Crippen molar-refractivity contribution in [1.29, 1.82) is 0 Å². The molecule has 0 saturated heterocycles. The molecule has 0 aromatic carbocycles. The number of fused-ring (bicyclic) bond motifs is 1. The van der Waals surface area contributed by atoms with Crippen LogP contribution in [0.2, 0.25) is 0 Å². The molecule has 4 heteroatoms. The van der Waals surface area contributed by atoms with Gasteiger partial charge in [0, 0.05) is 23.7 Å². The molecule has 3 heterocycles. The van der Waals surface area contributed by atoms with Gasteiger partial charge < -0.3 is 4.90 Å². The topological polar surface area (TPSA) is 33.2 Å². The Labute approximate surface area is 110 Å². The predicted molar refractivity (Wildman–Crippen MR) is 71.7 cm³/mol. The lowest BCUT2D eigenvalue weighted by atomic mass is 10.1. The first kappa shape index (κ1) is 11.4. The molecule has 92 valence electrons. The first-order valence-electron chi connectivity index (χ1n) is 6.02. The van der Waals surface area contributed by atoms with Crippen LogP contribution >= 0.6 is 11.3 Å². The number of nitrogens with zero attached hydrogens (tertiary/aromatic N) is 2. The zero-order valence-electron chi connectivity index (χ0n) is 10.2. The standard InChI is InChI=1S/C14H14N2OS/c1-10-3-2-4-12(15-10)14(17)16-7-5-13-11(9-16)6-8-18-13/h2-4,6,8H,5,7,9H2,1H3. The number of thiophene rings is 1. The number of amides is 1. The minimum absolute atomic E-state index is 0.0375. The minimum Gasteiger partial charge on any atom is -0.333 e. The van der Waals surface area contributed by atoms with Gasteiger partial charge in [0.15, 0.2) is 0 Å². The van der Waals surface area contributed by atoms with Crippen molar-refractivity contribution in [3.63, 3.8) is 0 Å². The molecule has 0 atom stereocenters. The molecule has 0 spiro atoms. The fraction of sp³-hybridized carbons (Fsp3) is 0.286. The Bertz CT molecular complexity index is 591. The van der Waals surface area contributed by atoms with E-state index in [0.29, 0.717) is 12.2 Å². The van der Waals surface area contributed by atoms with Crippen LogP contribution in [0.4, 0.5) is 0 Å². The van der Waals surface area contributed by atoms with Crippen molar-refractivity contribution < 1.29 is 4.79 Å². The second-order valence-electron chi connectivity index (χ2n) is 4.51. The van der Waals surface area contributed by atoms with Gasteiger partial charge in [0.05, 0.1) is 0 Å². The summed E-state index contributed by atoms with van der Waals surface area (Å²) in [6, 6.07) is 7.70. The summed E-state index contributed by atoms with van der Waals surface area (Å²) >= 11 is 1.78. The van der Waals surface area contributed by atoms with Gasteiger partial charge in [-0.05, 0) is 42.5 Å². The van der Waals surface area contributed by atoms with Gasteiger partial charge in [0.2, 0.25) is 0 Å². The third kappa shape index (κ3) is 2.04. The van der Waals surface area contributed by atoms with Gasteiger partial charge in [-0.25, -0.2) is 4.98 Å². The Balaban J connectivity index is 1.83. The van der Waals surface area contributed by atoms with E-state index in [1.54, 1.807) is 17.4 Å². The highest BCUT2D eigenvalue weighted by Gasteiger charge is 2.23. The van der Waals surface area contributed by atoms with E-state index in [2.05, 4.69) is 16.4 Å². The van der Waals surface area contributed by atoms with E-state index in [-0.39, 0.29) is 5.91 Å². The third-order valence-corrected chi connectivity index (χ3v) is 4.23. The maximum atomic E-state index is 12.4. The molecular formula is C14H14N2OS. The number of aromatic nitrogens is 1. The highest BCUT2D eigenvalue weighted by molar-refractivity contribution is 7.10. The van der Waals surface area contributed by atoms with Crippen molar-refractivity contribution in [2.24, 2.45) is 0 Å². The fourth-order valence-electron chi connectivity index (χ4n) is 2.25. The lowest BCUT2D eigenvalue weighted by Gasteiger charge is -2.26. The smallest absolute Gasteiger partial charge is 0.272 e. The molecule has 0 bridgehead atoms. The summed E-state index contributed by atoms with van der Waals surface area (Å²) < 4.78 is 0. The Morgan fingerprint density at radius 3 is 3.11 bits per heavy atom. The van der Waals surface area contributed by atoms with E-state index in [9.17, 15) is 4.79 Å². The van der Waals surface area contributed by atoms with E-state index in [4.69, 9.17) is 0 Å². The first-order chi connectivity index (χ1) is 8.74. The van der Waals surface area contributed by atoms with Gasteiger partial charge >= 0.3 is 0 Å². The average Bonchev–Trinajstić information content (AvgIpc) is 2.85. The molecular weight excluding hydrogens is 244 g/mol. The molecule has 1 aliphatic rings. The Kier molecular flexibility index (Phi) is 2.88. The van der Waals surface area contributed by atoms with Gasteiger partial charge in [-0.3, -0.25) is 4.79 Å². The average molecular weight is 258 g/mol. The van der Waals surface area contributed by atoms with Crippen LogP contribution in [0.15, 0.2) is 29.6 Å². The summed E-state index contributed by atoms with van der Waals surface area (Å²) in [4.78, 5) is 20.0. The second kappa shape index (κ2) is 4.53. The Morgan fingerprint density at radius 2 is 2.28 bits per heavy atom. The van der Waals surface area contributed by atoms with Crippen molar-refractivity contribution in [2.75, 3.05) is 6.54 Å². The summed E-state index contributed by atoms with van der Waals surface area (Å²) in [7, 11) is 0. The molecule has 0 unspecified atom stereocenters. The van der Waals surface area contributed by atoms with Crippen LogP contribution in [0.1, 0.15) is 26.6 Å². The number of carbonyl (C=O) groups is 1. The molecule has 1 aliphatic heterocycles. The highest BCUT2D eigenvalue weighted by Crippen LogP contribution is 2.24. The van der Waals surface area contributed by atoms with E-state index in [0.717, 1.165) is 18.7 Å². The van der Waals surface area contributed by atoms with Crippen molar-refractivity contribution in [3.8, 4) is 0 Å². The monoisotopic (exact) mass is 258 g/mol. The molecule has 2 aromatic heterocycles. The van der Waals surface area contributed by atoms with Crippen LogP contribution in [-0.4, -0.2) is 22.3 Å². The van der Waals surface area contributed by atoms with E-state index >= 15 is 0 Å². The van der Waals surface area contributed by atoms with Crippen LogP contribution in [-0.2, 0) is 13.0 Å². The van der Waals surface area contributed by atoms with Gasteiger partial charge in [-0.1, -0.05) is 6.07 Å². The summed E-state index contributed by atoms with van der Waals surface area (Å²) in [5, 5.41) is 2.10. The largest absolute Gasteiger partial charge is 0.333 e. The molecule has 1 amide bonds. The van der Waals surface area contributed by atoms with Crippen LogP contribution in [0.5, 0.6) is 0 Å². The number of pyridine rings is 1. The molecule has 0 fully saturated rings. The molecule has 0 aliphatic carbocycles. The summed E-state index contributed by atoms with van der Waals surface area (Å²) in [6.45, 7) is 3.42. The Morgan fingerprint density at radius 1 is 1.39 bits per heavy atom. The SMILES string of the molecule is Cc1cccc(C(=O)N2CCc3sccc3C2)n1. The van der Waals surface area contributed by atoms with E-state index in [1.807, 2.05) is 24.0 Å². The predicted octanol–water partition coefficient (Wildman–Crippen LogP) is 2.65. The van der Waals surface area contributed by atoms with Crippen molar-refractivity contribution >= 4 is 17.2 Å². The number of hydrogen-bond donors (Lipinski definition) is 0. The summed E-state index contributed by atoms with van der Waals surface area (Å²) in [5.74, 6) is 0.0375. The fourth-order valence-corrected chi connectivity index (χ4v) is 3.14. The maximum absolute atomic E-state index is 12.4. The number of rotatable bonds is 1. The van der Waals surface area contributed by atoms with Crippen molar-refractivity contribution in [1.82, 2.24) is 9.88 Å². The van der Waals surface area contributed by atoms with Crippen molar-refractivity contribution in [2.45, 2.75) is 19.9 Å². The lowest BCUT2D eigenvalue weighted by molar-refractivity contribution is 0.0729. The number of hydrogen-bond acceptors (Lipinski definition) is 3.